The van der Waals surface area contributed by atoms with E-state index in [4.69, 9.17) is 15.9 Å². The highest BCUT2D eigenvalue weighted by Gasteiger charge is 2.22. The number of nitrogens with two attached hydrogens (primary N) is 1. The zero-order valence-corrected chi connectivity index (χ0v) is 15.0. The van der Waals surface area contributed by atoms with Crippen LogP contribution in [-0.2, 0) is 4.79 Å². The van der Waals surface area contributed by atoms with E-state index < -0.39 is 0 Å². The number of hydrogen-bond acceptors (Lipinski definition) is 6. The number of nitrogens with one attached hydrogen (secondary N) is 1. The van der Waals surface area contributed by atoms with Crippen molar-refractivity contribution >= 4 is 23.1 Å². The molecule has 1 amide bonds. The van der Waals surface area contributed by atoms with Crippen molar-refractivity contribution in [3.8, 4) is 5.75 Å². The highest BCUT2D eigenvalue weighted by atomic mass is 16.5. The highest BCUT2D eigenvalue weighted by molar-refractivity contribution is 6.14. The molecule has 136 valence electrons. The second kappa shape index (κ2) is 7.43. The monoisotopic (exact) mass is 353 g/mol. The molecular weight excluding hydrogens is 330 g/mol. The first kappa shape index (κ1) is 17.7. The Labute approximate surface area is 152 Å². The normalized spacial score (nSPS) is 14.5. The van der Waals surface area contributed by atoms with Crippen LogP contribution in [0.5, 0.6) is 5.75 Å². The average Bonchev–Trinajstić information content (AvgIpc) is 2.65. The maximum absolute atomic E-state index is 11.9. The number of carbonyl (C=O) groups is 1. The number of amides is 1. The minimum absolute atomic E-state index is 0.0622. The molecule has 0 radical (unpaired) electrons. The van der Waals surface area contributed by atoms with Crippen molar-refractivity contribution in [2.24, 2.45) is 0 Å². The summed E-state index contributed by atoms with van der Waals surface area (Å²) in [5.74, 6) is 1.43. The summed E-state index contributed by atoms with van der Waals surface area (Å²) in [7, 11) is 1.80. The van der Waals surface area contributed by atoms with Gasteiger partial charge in [-0.2, -0.15) is 0 Å². The van der Waals surface area contributed by atoms with E-state index in [1.807, 2.05) is 17.9 Å². The standard InChI is InChI=1S/C19H23N5O2/c1-3-26-14-4-5-16(20)15(11-14)19(21)13-6-7-22-17(10-13)24-9-8-23(2)18(25)12-24/h4-7,10-11,21H,3,8-9,12,20H2,1-2H3. The van der Waals surface area contributed by atoms with E-state index in [1.165, 1.54) is 0 Å². The lowest BCUT2D eigenvalue weighted by molar-refractivity contribution is -0.129. The van der Waals surface area contributed by atoms with Gasteiger partial charge >= 0.3 is 0 Å². The van der Waals surface area contributed by atoms with Crippen LogP contribution in [0.2, 0.25) is 0 Å². The number of carbonyl (C=O) groups excluding carboxylic acids is 1. The number of nitrogens with zero attached hydrogens (tertiary/aromatic N) is 3. The Kier molecular flexibility index (Phi) is 5.06. The fraction of sp³-hybridized carbons (Fsp3) is 0.316. The molecule has 1 aliphatic heterocycles. The fourth-order valence-corrected chi connectivity index (χ4v) is 2.86. The van der Waals surface area contributed by atoms with Crippen molar-refractivity contribution in [3.63, 3.8) is 0 Å². The van der Waals surface area contributed by atoms with Crippen molar-refractivity contribution in [1.82, 2.24) is 9.88 Å². The van der Waals surface area contributed by atoms with E-state index in [0.29, 0.717) is 60.3 Å². The Morgan fingerprint density at radius 3 is 2.85 bits per heavy atom. The second-order valence-corrected chi connectivity index (χ2v) is 6.20. The minimum atomic E-state index is 0.0622. The third-order valence-corrected chi connectivity index (χ3v) is 4.42. The Balaban J connectivity index is 1.87. The first-order valence-electron chi connectivity index (χ1n) is 8.56. The van der Waals surface area contributed by atoms with Crippen LogP contribution in [0.1, 0.15) is 18.1 Å². The number of aromatic nitrogens is 1. The molecule has 0 spiro atoms. The average molecular weight is 353 g/mol. The zero-order chi connectivity index (χ0) is 18.7. The molecule has 0 bridgehead atoms. The van der Waals surface area contributed by atoms with Crippen molar-refractivity contribution in [3.05, 3.63) is 47.7 Å². The minimum Gasteiger partial charge on any atom is -0.494 e. The smallest absolute Gasteiger partial charge is 0.241 e. The lowest BCUT2D eigenvalue weighted by Crippen LogP contribution is -2.48. The SMILES string of the molecule is CCOc1ccc(N)c(C(=N)c2ccnc(N3CCN(C)C(=O)C3)c2)c1. The molecule has 26 heavy (non-hydrogen) atoms. The van der Waals surface area contributed by atoms with E-state index in [9.17, 15) is 4.79 Å². The maximum atomic E-state index is 11.9. The molecule has 1 fully saturated rings. The number of pyridine rings is 1. The number of rotatable bonds is 5. The molecule has 2 heterocycles. The summed E-state index contributed by atoms with van der Waals surface area (Å²) in [6.07, 6.45) is 1.66. The van der Waals surface area contributed by atoms with Gasteiger partial charge in [-0.1, -0.05) is 0 Å². The molecule has 0 aliphatic carbocycles. The third kappa shape index (κ3) is 3.61. The van der Waals surface area contributed by atoms with Crippen LogP contribution in [0.3, 0.4) is 0 Å². The lowest BCUT2D eigenvalue weighted by atomic mass is 10.0. The third-order valence-electron chi connectivity index (χ3n) is 4.42. The molecule has 2 aromatic rings. The van der Waals surface area contributed by atoms with Gasteiger partial charge in [0.2, 0.25) is 5.91 Å². The summed E-state index contributed by atoms with van der Waals surface area (Å²) in [5, 5.41) is 8.57. The summed E-state index contributed by atoms with van der Waals surface area (Å²) in [5.41, 5.74) is 8.19. The van der Waals surface area contributed by atoms with Crippen LogP contribution in [0, 0.1) is 5.41 Å². The van der Waals surface area contributed by atoms with Gasteiger partial charge in [0.15, 0.2) is 0 Å². The Morgan fingerprint density at radius 2 is 2.12 bits per heavy atom. The molecule has 1 saturated heterocycles. The van der Waals surface area contributed by atoms with E-state index in [1.54, 1.807) is 42.4 Å². The molecule has 3 N–H and O–H groups in total. The van der Waals surface area contributed by atoms with Crippen LogP contribution in [0.4, 0.5) is 11.5 Å². The van der Waals surface area contributed by atoms with Gasteiger partial charge in [0.05, 0.1) is 18.9 Å². The predicted molar refractivity (Wildman–Crippen MR) is 102 cm³/mol. The molecule has 1 aliphatic rings. The van der Waals surface area contributed by atoms with E-state index >= 15 is 0 Å². The number of anilines is 2. The van der Waals surface area contributed by atoms with Gasteiger partial charge in [0.1, 0.15) is 11.6 Å². The Bertz CT molecular complexity index is 836. The van der Waals surface area contributed by atoms with Crippen LogP contribution in [0.25, 0.3) is 0 Å². The van der Waals surface area contributed by atoms with Gasteiger partial charge in [-0.05, 0) is 37.3 Å². The van der Waals surface area contributed by atoms with Crippen molar-refractivity contribution < 1.29 is 9.53 Å². The number of benzene rings is 1. The topological polar surface area (TPSA) is 95.5 Å². The van der Waals surface area contributed by atoms with Crippen LogP contribution in [-0.4, -0.2) is 54.8 Å². The quantitative estimate of drug-likeness (QED) is 0.631. The van der Waals surface area contributed by atoms with Gasteiger partial charge in [0.25, 0.3) is 0 Å². The van der Waals surface area contributed by atoms with E-state index in [2.05, 4.69) is 4.98 Å². The van der Waals surface area contributed by atoms with E-state index in [-0.39, 0.29) is 5.91 Å². The molecule has 7 nitrogen and oxygen atoms in total. The number of ether oxygens (including phenoxy) is 1. The van der Waals surface area contributed by atoms with Gasteiger partial charge in [-0.25, -0.2) is 4.98 Å². The van der Waals surface area contributed by atoms with Gasteiger partial charge in [-0.15, -0.1) is 0 Å². The zero-order valence-electron chi connectivity index (χ0n) is 15.0. The lowest BCUT2D eigenvalue weighted by Gasteiger charge is -2.32. The first-order chi connectivity index (χ1) is 12.5. The molecule has 3 rings (SSSR count). The number of piperazine rings is 1. The molecular formula is C19H23N5O2. The molecule has 0 saturated carbocycles. The van der Waals surface area contributed by atoms with Gasteiger partial charge in [-0.3, -0.25) is 10.2 Å². The maximum Gasteiger partial charge on any atom is 0.241 e. The predicted octanol–water partition coefficient (Wildman–Crippen LogP) is 1.76. The van der Waals surface area contributed by atoms with Crippen molar-refractivity contribution in [2.45, 2.75) is 6.92 Å². The van der Waals surface area contributed by atoms with Crippen LogP contribution < -0.4 is 15.4 Å². The molecule has 7 heteroatoms. The van der Waals surface area contributed by atoms with Crippen LogP contribution >= 0.6 is 0 Å². The number of nitrogen functional groups attached to an aromatic ring is 1. The summed E-state index contributed by atoms with van der Waals surface area (Å²) in [6.45, 7) is 4.13. The summed E-state index contributed by atoms with van der Waals surface area (Å²) in [6, 6.07) is 8.92. The van der Waals surface area contributed by atoms with E-state index in [0.717, 1.165) is 0 Å². The molecule has 1 aromatic heterocycles. The summed E-state index contributed by atoms with van der Waals surface area (Å²) >= 11 is 0. The highest BCUT2D eigenvalue weighted by Crippen LogP contribution is 2.24. The largest absolute Gasteiger partial charge is 0.494 e. The second-order valence-electron chi connectivity index (χ2n) is 6.20. The van der Waals surface area contributed by atoms with Gasteiger partial charge < -0.3 is 20.3 Å². The molecule has 0 atom stereocenters. The van der Waals surface area contributed by atoms with Crippen LogP contribution in [0.15, 0.2) is 36.5 Å². The number of likely N-dealkylation sites (N-methyl/N-ethyl adjacent to an activating group) is 1. The summed E-state index contributed by atoms with van der Waals surface area (Å²) in [4.78, 5) is 20.0. The molecule has 0 unspecified atom stereocenters. The van der Waals surface area contributed by atoms with Gasteiger partial charge in [0, 0.05) is 43.1 Å². The fourth-order valence-electron chi connectivity index (χ4n) is 2.86. The molecule has 1 aromatic carbocycles. The Morgan fingerprint density at radius 1 is 1.31 bits per heavy atom. The Hall–Kier alpha value is -3.09. The first-order valence-corrected chi connectivity index (χ1v) is 8.56. The number of hydrogen-bond donors (Lipinski definition) is 2. The summed E-state index contributed by atoms with van der Waals surface area (Å²) < 4.78 is 5.51. The van der Waals surface area contributed by atoms with Crippen molar-refractivity contribution in [2.75, 3.05) is 43.9 Å². The van der Waals surface area contributed by atoms with Crippen molar-refractivity contribution in [1.29, 1.82) is 5.41 Å².